The third kappa shape index (κ3) is 2.69. The van der Waals surface area contributed by atoms with Gasteiger partial charge in [0.25, 0.3) is 0 Å². The molecule has 0 N–H and O–H groups in total. The van der Waals surface area contributed by atoms with E-state index in [4.69, 9.17) is 23.2 Å². The van der Waals surface area contributed by atoms with E-state index in [1.54, 1.807) is 29.2 Å². The van der Waals surface area contributed by atoms with Crippen LogP contribution in [0.3, 0.4) is 0 Å². The summed E-state index contributed by atoms with van der Waals surface area (Å²) >= 11 is 12.4. The lowest BCUT2D eigenvalue weighted by Crippen LogP contribution is -2.26. The van der Waals surface area contributed by atoms with Crippen LogP contribution in [0, 0.1) is 0 Å². The molecule has 1 aliphatic heterocycles. The molecular formula is C18H14Cl2N4O. The minimum absolute atomic E-state index is 0.111. The minimum atomic E-state index is -0.111. The third-order valence-corrected chi connectivity index (χ3v) is 4.63. The first-order valence-corrected chi connectivity index (χ1v) is 8.65. The van der Waals surface area contributed by atoms with E-state index in [1.807, 2.05) is 29.7 Å². The quantitative estimate of drug-likeness (QED) is 0.671. The van der Waals surface area contributed by atoms with Crippen LogP contribution in [-0.2, 0) is 17.6 Å². The number of hydrogen-bond acceptors (Lipinski definition) is 3. The molecule has 0 bridgehead atoms. The molecule has 126 valence electrons. The third-order valence-electron chi connectivity index (χ3n) is 4.16. The topological polar surface area (TPSA) is 51.0 Å². The van der Waals surface area contributed by atoms with Gasteiger partial charge in [0.2, 0.25) is 5.91 Å². The lowest BCUT2D eigenvalue weighted by molar-refractivity contribution is -0.117. The summed E-state index contributed by atoms with van der Waals surface area (Å²) in [6.45, 7) is 2.01. The average Bonchev–Trinajstić information content (AvgIpc) is 2.93. The number of anilines is 2. The van der Waals surface area contributed by atoms with Crippen LogP contribution >= 0.6 is 23.2 Å². The van der Waals surface area contributed by atoms with Crippen molar-refractivity contribution in [2.45, 2.75) is 19.8 Å². The van der Waals surface area contributed by atoms with Crippen molar-refractivity contribution in [2.24, 2.45) is 0 Å². The Morgan fingerprint density at radius 2 is 1.84 bits per heavy atom. The van der Waals surface area contributed by atoms with Crippen molar-refractivity contribution in [3.63, 3.8) is 0 Å². The number of amides is 1. The zero-order valence-corrected chi connectivity index (χ0v) is 14.9. The van der Waals surface area contributed by atoms with Gasteiger partial charge in [-0.1, -0.05) is 36.2 Å². The Balaban J connectivity index is 2.00. The molecule has 25 heavy (non-hydrogen) atoms. The van der Waals surface area contributed by atoms with Gasteiger partial charge in [-0.05, 0) is 36.4 Å². The van der Waals surface area contributed by atoms with Crippen LogP contribution in [0.5, 0.6) is 0 Å². The lowest BCUT2D eigenvalue weighted by Gasteiger charge is -2.23. The molecule has 3 aromatic rings. The Hall–Kier alpha value is -2.37. The highest BCUT2D eigenvalue weighted by Gasteiger charge is 2.30. The molecule has 0 saturated heterocycles. The average molecular weight is 373 g/mol. The number of carbonyl (C=O) groups is 1. The fourth-order valence-electron chi connectivity index (χ4n) is 3.09. The van der Waals surface area contributed by atoms with E-state index in [0.717, 1.165) is 11.5 Å². The molecule has 0 saturated carbocycles. The summed E-state index contributed by atoms with van der Waals surface area (Å²) in [5.41, 5.74) is 2.21. The molecule has 0 unspecified atom stereocenters. The smallest absolute Gasteiger partial charge is 0.239 e. The van der Waals surface area contributed by atoms with E-state index in [1.165, 1.54) is 0 Å². The van der Waals surface area contributed by atoms with Gasteiger partial charge in [-0.25, -0.2) is 0 Å². The zero-order valence-electron chi connectivity index (χ0n) is 13.4. The monoisotopic (exact) mass is 372 g/mol. The molecule has 7 heteroatoms. The number of carbonyl (C=O) groups excluding carboxylic acids is 1. The van der Waals surface area contributed by atoms with Crippen molar-refractivity contribution in [3.8, 4) is 5.69 Å². The minimum Gasteiger partial charge on any atom is -0.280 e. The number of fused-ring (bicyclic) bond motifs is 3. The van der Waals surface area contributed by atoms with Crippen LogP contribution < -0.4 is 4.90 Å². The van der Waals surface area contributed by atoms with Crippen molar-refractivity contribution in [2.75, 3.05) is 4.90 Å². The molecule has 2 heterocycles. The van der Waals surface area contributed by atoms with Crippen LogP contribution in [0.25, 0.3) is 5.69 Å². The normalized spacial score (nSPS) is 13.4. The van der Waals surface area contributed by atoms with Gasteiger partial charge in [0.05, 0.1) is 23.5 Å². The van der Waals surface area contributed by atoms with E-state index in [2.05, 4.69) is 10.2 Å². The van der Waals surface area contributed by atoms with Gasteiger partial charge < -0.3 is 0 Å². The number of benzene rings is 2. The van der Waals surface area contributed by atoms with Gasteiger partial charge in [0.15, 0.2) is 0 Å². The van der Waals surface area contributed by atoms with Crippen LogP contribution in [-0.4, -0.2) is 20.7 Å². The summed E-state index contributed by atoms with van der Waals surface area (Å²) in [5, 5.41) is 9.54. The Morgan fingerprint density at radius 1 is 1.04 bits per heavy atom. The van der Waals surface area contributed by atoms with E-state index < -0.39 is 0 Å². The summed E-state index contributed by atoms with van der Waals surface area (Å²) in [4.78, 5) is 14.7. The molecule has 0 radical (unpaired) electrons. The molecule has 5 nitrogen and oxygen atoms in total. The van der Waals surface area contributed by atoms with E-state index in [9.17, 15) is 4.79 Å². The molecule has 1 aliphatic rings. The summed E-state index contributed by atoms with van der Waals surface area (Å²) in [7, 11) is 0. The first kappa shape index (κ1) is 16.1. The van der Waals surface area contributed by atoms with Crippen LogP contribution in [0.1, 0.15) is 18.6 Å². The van der Waals surface area contributed by atoms with Gasteiger partial charge >= 0.3 is 0 Å². The fourth-order valence-corrected chi connectivity index (χ4v) is 3.44. The standard InChI is InChI=1S/C18H14Cl2N4O/c1-2-16-21-22-17-10-18(25)23(13-5-3-4-11(19)8-13)15-9-12(20)6-7-14(15)24(16)17/h3-9H,2,10H2,1H3. The molecular weight excluding hydrogens is 359 g/mol. The summed E-state index contributed by atoms with van der Waals surface area (Å²) in [5.74, 6) is 1.31. The second-order valence-corrected chi connectivity index (χ2v) is 6.61. The number of nitrogens with zero attached hydrogens (tertiary/aromatic N) is 4. The molecule has 0 fully saturated rings. The largest absolute Gasteiger partial charge is 0.280 e. The van der Waals surface area contributed by atoms with Crippen molar-refractivity contribution in [3.05, 3.63) is 64.2 Å². The van der Waals surface area contributed by atoms with Gasteiger partial charge in [-0.2, -0.15) is 0 Å². The predicted molar refractivity (Wildman–Crippen MR) is 98.0 cm³/mol. The number of halogens is 2. The highest BCUT2D eigenvalue weighted by atomic mass is 35.5. The van der Waals surface area contributed by atoms with E-state index >= 15 is 0 Å². The maximum absolute atomic E-state index is 13.0. The van der Waals surface area contributed by atoms with E-state index in [-0.39, 0.29) is 12.3 Å². The van der Waals surface area contributed by atoms with Crippen molar-refractivity contribution < 1.29 is 4.79 Å². The highest BCUT2D eigenvalue weighted by Crippen LogP contribution is 2.37. The van der Waals surface area contributed by atoms with Crippen molar-refractivity contribution in [1.29, 1.82) is 0 Å². The molecule has 0 atom stereocenters. The second kappa shape index (κ2) is 6.17. The zero-order chi connectivity index (χ0) is 17.6. The van der Waals surface area contributed by atoms with Gasteiger partial charge in [0, 0.05) is 16.5 Å². The Kier molecular flexibility index (Phi) is 3.98. The molecule has 4 rings (SSSR count). The maximum Gasteiger partial charge on any atom is 0.239 e. The SMILES string of the molecule is CCc1nnc2n1-c1ccc(Cl)cc1N(c1cccc(Cl)c1)C(=O)C2. The number of hydrogen-bond donors (Lipinski definition) is 0. The summed E-state index contributed by atoms with van der Waals surface area (Å²) in [6.07, 6.45) is 0.853. The number of aryl methyl sites for hydroxylation is 1. The first-order chi connectivity index (χ1) is 12.1. The Labute approximate surface area is 154 Å². The summed E-state index contributed by atoms with van der Waals surface area (Å²) in [6, 6.07) is 12.7. The van der Waals surface area contributed by atoms with Gasteiger partial charge in [-0.3, -0.25) is 14.3 Å². The molecule has 1 aromatic heterocycles. The highest BCUT2D eigenvalue weighted by molar-refractivity contribution is 6.31. The van der Waals surface area contributed by atoms with Crippen LogP contribution in [0.2, 0.25) is 10.0 Å². The van der Waals surface area contributed by atoms with Crippen molar-refractivity contribution >= 4 is 40.5 Å². The number of rotatable bonds is 2. The van der Waals surface area contributed by atoms with E-state index in [0.29, 0.717) is 33.7 Å². The first-order valence-electron chi connectivity index (χ1n) is 7.90. The van der Waals surface area contributed by atoms with Gasteiger partial charge in [-0.15, -0.1) is 10.2 Å². The summed E-state index contributed by atoms with van der Waals surface area (Å²) < 4.78 is 1.94. The molecule has 2 aromatic carbocycles. The lowest BCUT2D eigenvalue weighted by atomic mass is 10.2. The Morgan fingerprint density at radius 3 is 2.60 bits per heavy atom. The molecule has 0 aliphatic carbocycles. The molecule has 1 amide bonds. The van der Waals surface area contributed by atoms with Crippen LogP contribution in [0.15, 0.2) is 42.5 Å². The Bertz CT molecular complexity index is 983. The maximum atomic E-state index is 13.0. The predicted octanol–water partition coefficient (Wildman–Crippen LogP) is 4.36. The van der Waals surface area contributed by atoms with Crippen molar-refractivity contribution in [1.82, 2.24) is 14.8 Å². The fraction of sp³-hybridized carbons (Fsp3) is 0.167. The number of aromatic nitrogens is 3. The van der Waals surface area contributed by atoms with Gasteiger partial charge in [0.1, 0.15) is 11.6 Å². The van der Waals surface area contributed by atoms with Crippen LogP contribution in [0.4, 0.5) is 11.4 Å². The molecule has 0 spiro atoms. The second-order valence-electron chi connectivity index (χ2n) is 5.74.